The second-order valence-corrected chi connectivity index (χ2v) is 24.1. The van der Waals surface area contributed by atoms with Crippen LogP contribution >= 0.6 is 0 Å². The molecule has 0 aliphatic rings. The number of nitrogens with zero attached hydrogens (tertiary/aromatic N) is 15. The lowest BCUT2D eigenvalue weighted by Crippen LogP contribution is -1.89. The molecule has 15 nitrogen and oxygen atoms in total. The van der Waals surface area contributed by atoms with Gasteiger partial charge in [0.25, 0.3) is 0 Å². The number of hydrogen-bond donors (Lipinski definition) is 0. The summed E-state index contributed by atoms with van der Waals surface area (Å²) < 4.78 is 15.0. The number of pyridine rings is 8. The van der Waals surface area contributed by atoms with E-state index in [4.69, 9.17) is 0 Å². The summed E-state index contributed by atoms with van der Waals surface area (Å²) >= 11 is 0. The van der Waals surface area contributed by atoms with Crippen molar-refractivity contribution in [3.8, 4) is 0 Å². The maximum Gasteiger partial charge on any atom is 0.141 e. The Balaban J connectivity index is 0.0000000933. The lowest BCUT2D eigenvalue weighted by Gasteiger charge is -1.95. The molecule has 0 radical (unpaired) electrons. The van der Waals surface area contributed by atoms with E-state index >= 15 is 0 Å². The molecule has 15 heterocycles. The van der Waals surface area contributed by atoms with E-state index in [-0.39, 0.29) is 0 Å². The largest absolute Gasteiger partial charge is 0.344 e. The summed E-state index contributed by atoms with van der Waals surface area (Å²) in [6.07, 6.45) is 20.3. The number of fused-ring (bicyclic) bond motifs is 21. The summed E-state index contributed by atoms with van der Waals surface area (Å²) in [6.45, 7) is 0. The summed E-state index contributed by atoms with van der Waals surface area (Å²) in [4.78, 5) is 34.3. The maximum absolute atomic E-state index is 4.41. The maximum atomic E-state index is 4.41. The Bertz CT molecular complexity index is 4980. The molecule has 0 atom stereocenters. The molecule has 98 heavy (non-hydrogen) atoms. The third-order valence-corrected chi connectivity index (χ3v) is 18.6. The molecule has 0 N–H and O–H groups in total. The fourth-order valence-corrected chi connectivity index (χ4v) is 13.8. The molecule has 0 fully saturated rings. The van der Waals surface area contributed by atoms with Crippen LogP contribution in [0.5, 0.6) is 0 Å². The van der Waals surface area contributed by atoms with Crippen LogP contribution in [0, 0.1) is 0 Å². The van der Waals surface area contributed by atoms with Crippen LogP contribution in [0.3, 0.4) is 0 Å². The van der Waals surface area contributed by atoms with E-state index in [2.05, 4.69) is 291 Å². The van der Waals surface area contributed by atoms with Crippen molar-refractivity contribution in [2.24, 2.45) is 49.3 Å². The van der Waals surface area contributed by atoms with Gasteiger partial charge < -0.3 is 32.0 Å². The van der Waals surface area contributed by atoms with E-state index in [1.807, 2.05) is 111 Å². The summed E-state index contributed by atoms with van der Waals surface area (Å²) in [5, 5.41) is 16.2. The highest BCUT2D eigenvalue weighted by molar-refractivity contribution is 6.11. The van der Waals surface area contributed by atoms with E-state index < -0.39 is 0 Å². The van der Waals surface area contributed by atoms with Crippen LogP contribution in [0.25, 0.3) is 153 Å². The van der Waals surface area contributed by atoms with Crippen LogP contribution in [0.4, 0.5) is 0 Å². The lowest BCUT2D eigenvalue weighted by molar-refractivity contribution is 0.968. The second-order valence-electron chi connectivity index (χ2n) is 24.1. The minimum Gasteiger partial charge on any atom is -0.344 e. The summed E-state index contributed by atoms with van der Waals surface area (Å²) in [6, 6.07) is 77.0. The molecular formula is C83H69N15. The van der Waals surface area contributed by atoms with Gasteiger partial charge in [0.2, 0.25) is 0 Å². The third-order valence-electron chi connectivity index (χ3n) is 18.6. The standard InChI is InChI=1S/C13H11N.4C12H10N2.2C11H9N3/c1-14-12-8-4-2-6-10(12)11-7-3-5-9-13(11)14;1-14-11-7-3-2-5-9(11)10-6-4-8-13-12(10)14;1-14-10-6-3-2-5-9(10)12-11(14)7-4-8-13-12;1-14-11-5-3-2-4-9(11)10-8-13-7-6-12(10)14;1-14-11-5-3-2-4-9(11)10-6-7-13-8-12(10)14;1-14-10-8(4-2-6-12-10)9-5-3-7-13-11(9)14;1-14-10-7-12-6-4-8(10)9-3-2-5-13-11(9)14/h2-9H,1H3;4*2-8H,1H3;2*2-7H,1H3. The lowest BCUT2D eigenvalue weighted by atomic mass is 10.2. The van der Waals surface area contributed by atoms with E-state index in [1.165, 1.54) is 109 Å². The highest BCUT2D eigenvalue weighted by Gasteiger charge is 2.13. The molecule has 0 unspecified atom stereocenters. The zero-order valence-corrected chi connectivity index (χ0v) is 55.4. The Labute approximate surface area is 564 Å². The molecule has 15 aromatic heterocycles. The van der Waals surface area contributed by atoms with Gasteiger partial charge in [-0.3, -0.25) is 19.9 Å². The van der Waals surface area contributed by atoms with Gasteiger partial charge in [0.1, 0.15) is 22.6 Å². The number of aromatic nitrogens is 15. The SMILES string of the molecule is Cn1c2ccccc2c2ccccc21.Cn1c2ccccc2c2cccnc21.Cn1c2ccccc2c2ccncc21.Cn1c2ccccc2c2cnccc21.Cn1c2ccccc2c2ncccc21.Cn1c2cnccc2c2cccnc21.Cn1c2ncccc2c2cccnc21. The predicted octanol–water partition coefficient (Wildman–Crippen LogP) is 18.5. The first-order chi connectivity index (χ1) is 48.1. The zero-order valence-electron chi connectivity index (χ0n) is 55.4. The van der Waals surface area contributed by atoms with Gasteiger partial charge in [-0.05, 0) is 115 Å². The van der Waals surface area contributed by atoms with E-state index in [1.54, 1.807) is 12.4 Å². The Morgan fingerprint density at radius 1 is 0.173 bits per heavy atom. The van der Waals surface area contributed by atoms with Crippen LogP contribution < -0.4 is 0 Å². The molecule has 0 saturated heterocycles. The summed E-state index contributed by atoms with van der Waals surface area (Å²) in [7, 11) is 14.4. The van der Waals surface area contributed by atoms with Crippen molar-refractivity contribution in [1.82, 2.24) is 71.8 Å². The highest BCUT2D eigenvalue weighted by Crippen LogP contribution is 2.32. The molecular weight excluding hydrogens is 1210 g/mol. The Hall–Kier alpha value is -12.9. The molecule has 0 amide bonds. The first kappa shape index (κ1) is 61.3. The monoisotopic (exact) mass is 1280 g/mol. The average molecular weight is 1280 g/mol. The van der Waals surface area contributed by atoms with Gasteiger partial charge in [-0.1, -0.05) is 109 Å². The first-order valence-electron chi connectivity index (χ1n) is 32.4. The van der Waals surface area contributed by atoms with Gasteiger partial charge in [-0.25, -0.2) is 19.9 Å². The molecule has 6 aromatic carbocycles. The Morgan fingerprint density at radius 2 is 0.429 bits per heavy atom. The Kier molecular flexibility index (Phi) is 16.6. The molecule has 15 heteroatoms. The minimum atomic E-state index is 0.987. The molecule has 476 valence electrons. The van der Waals surface area contributed by atoms with Crippen molar-refractivity contribution in [2.75, 3.05) is 0 Å². The normalized spacial score (nSPS) is 11.2. The van der Waals surface area contributed by atoms with Gasteiger partial charge in [0, 0.05) is 197 Å². The number of para-hydroxylation sites is 6. The number of rotatable bonds is 0. The molecule has 0 aliphatic carbocycles. The van der Waals surface area contributed by atoms with Gasteiger partial charge in [-0.15, -0.1) is 0 Å². The van der Waals surface area contributed by atoms with E-state index in [0.717, 1.165) is 44.4 Å². The van der Waals surface area contributed by atoms with Gasteiger partial charge >= 0.3 is 0 Å². The van der Waals surface area contributed by atoms with Gasteiger partial charge in [0.05, 0.1) is 51.0 Å². The quantitative estimate of drug-likeness (QED) is 0.146. The topological polar surface area (TPSA) is 138 Å². The molecule has 0 saturated carbocycles. The Morgan fingerprint density at radius 3 is 0.898 bits per heavy atom. The van der Waals surface area contributed by atoms with Crippen molar-refractivity contribution in [2.45, 2.75) is 0 Å². The molecule has 0 bridgehead atoms. The first-order valence-corrected chi connectivity index (χ1v) is 32.4. The summed E-state index contributed by atoms with van der Waals surface area (Å²) in [5.74, 6) is 0. The zero-order chi connectivity index (χ0) is 66.8. The van der Waals surface area contributed by atoms with Crippen molar-refractivity contribution >= 4 is 153 Å². The van der Waals surface area contributed by atoms with Gasteiger partial charge in [-0.2, -0.15) is 0 Å². The predicted molar refractivity (Wildman–Crippen MR) is 405 cm³/mol. The minimum absolute atomic E-state index is 0.987. The van der Waals surface area contributed by atoms with Crippen LogP contribution in [0.2, 0.25) is 0 Å². The molecule has 21 rings (SSSR count). The molecule has 0 aliphatic heterocycles. The highest BCUT2D eigenvalue weighted by atomic mass is 15.1. The fourth-order valence-electron chi connectivity index (χ4n) is 13.8. The van der Waals surface area contributed by atoms with Crippen LogP contribution in [0.1, 0.15) is 0 Å². The van der Waals surface area contributed by atoms with Crippen molar-refractivity contribution in [3.63, 3.8) is 0 Å². The fraction of sp³-hybridized carbons (Fsp3) is 0.0843. The number of aryl methyl sites for hydroxylation is 7. The van der Waals surface area contributed by atoms with Crippen LogP contribution in [-0.4, -0.2) is 71.8 Å². The summed E-state index contributed by atoms with van der Waals surface area (Å²) in [5.41, 5.74) is 17.5. The molecule has 0 spiro atoms. The second kappa shape index (κ2) is 26.5. The molecule has 21 aromatic rings. The number of benzene rings is 6. The van der Waals surface area contributed by atoms with Crippen LogP contribution in [-0.2, 0) is 49.3 Å². The van der Waals surface area contributed by atoms with Crippen molar-refractivity contribution in [3.05, 3.63) is 293 Å². The van der Waals surface area contributed by atoms with Gasteiger partial charge in [0.15, 0.2) is 0 Å². The van der Waals surface area contributed by atoms with E-state index in [0.29, 0.717) is 0 Å². The van der Waals surface area contributed by atoms with Crippen molar-refractivity contribution in [1.29, 1.82) is 0 Å². The van der Waals surface area contributed by atoms with Crippen molar-refractivity contribution < 1.29 is 0 Å². The number of hydrogen-bond acceptors (Lipinski definition) is 8. The smallest absolute Gasteiger partial charge is 0.141 e. The van der Waals surface area contributed by atoms with Crippen LogP contribution in [0.15, 0.2) is 293 Å². The average Bonchev–Trinajstić information content (AvgIpc) is 1.71. The third kappa shape index (κ3) is 11.1. The van der Waals surface area contributed by atoms with E-state index in [9.17, 15) is 0 Å².